The quantitative estimate of drug-likeness (QED) is 0.246. The van der Waals surface area contributed by atoms with Crippen molar-refractivity contribution in [3.8, 4) is 0 Å². The lowest BCUT2D eigenvalue weighted by Crippen LogP contribution is -2.29. The first-order chi connectivity index (χ1) is 18.9. The Kier molecular flexibility index (Phi) is 20.3. The minimum atomic E-state index is -0.0500. The van der Waals surface area contributed by atoms with E-state index >= 15 is 0 Å². The summed E-state index contributed by atoms with van der Waals surface area (Å²) in [4.78, 5) is 11.3. The van der Waals surface area contributed by atoms with E-state index < -0.39 is 0 Å². The summed E-state index contributed by atoms with van der Waals surface area (Å²) in [5, 5.41) is 2.25. The van der Waals surface area contributed by atoms with E-state index in [0.29, 0.717) is 12.3 Å². The molecular weight excluding hydrogens is 480 g/mol. The van der Waals surface area contributed by atoms with Gasteiger partial charge in [0.2, 0.25) is 6.41 Å². The number of benzene rings is 2. The van der Waals surface area contributed by atoms with Crippen LogP contribution in [-0.2, 0) is 21.7 Å². The summed E-state index contributed by atoms with van der Waals surface area (Å²) in [7, 11) is 5.80. The van der Waals surface area contributed by atoms with E-state index in [2.05, 4.69) is 112 Å². The standard InChI is InChI=1S/C16H20.C15H23NO.C2H5NO.C2H6/c1-3-5-6-7-9-12-15(4-2)16-13-10-8-11-14-16;1-5-15(8-9-16(3)4)14-10-12(2)6-7-13(14)11-17-15;1-3-2-4;1-2/h3,5-15H,4H2,1-2H3;6-7,10H,5,8-9,11H2,1-4H3;2H,1H3,(H,3,4);1-2H3/b5-3-,7-6-,12-9+;;;. The first kappa shape index (κ1) is 36.1. The second kappa shape index (κ2) is 21.9. The van der Waals surface area contributed by atoms with Gasteiger partial charge in [0.25, 0.3) is 0 Å². The van der Waals surface area contributed by atoms with Gasteiger partial charge in [0.1, 0.15) is 0 Å². The lowest BCUT2D eigenvalue weighted by Gasteiger charge is -2.30. The topological polar surface area (TPSA) is 41.6 Å². The number of carbonyl (C=O) groups excluding carboxylic acids is 1. The number of ether oxygens (including phenoxy) is 1. The zero-order valence-corrected chi connectivity index (χ0v) is 26.0. The summed E-state index contributed by atoms with van der Waals surface area (Å²) >= 11 is 0. The SMILES string of the molecule is CC.CCC1(CCN(C)C)OCc2ccc(C)cc21.CNC=O.C\C=C/C=C\C=C\C(CC)c1ccccc1. The van der Waals surface area contributed by atoms with Crippen LogP contribution in [0.3, 0.4) is 0 Å². The lowest BCUT2D eigenvalue weighted by molar-refractivity contribution is -0.109. The molecule has 1 N–H and O–H groups in total. The predicted octanol–water partition coefficient (Wildman–Crippen LogP) is 8.34. The Morgan fingerprint density at radius 3 is 2.21 bits per heavy atom. The molecule has 2 unspecified atom stereocenters. The number of nitrogens with one attached hydrogen (secondary N) is 1. The fourth-order valence-corrected chi connectivity index (χ4v) is 4.24. The Morgan fingerprint density at radius 2 is 1.67 bits per heavy atom. The Balaban J connectivity index is 0.000000618. The molecule has 0 bridgehead atoms. The van der Waals surface area contributed by atoms with Crippen molar-refractivity contribution in [1.82, 2.24) is 10.2 Å². The van der Waals surface area contributed by atoms with Crippen molar-refractivity contribution >= 4 is 6.41 Å². The predicted molar refractivity (Wildman–Crippen MR) is 170 cm³/mol. The molecule has 4 nitrogen and oxygen atoms in total. The maximum atomic E-state index is 9.06. The maximum absolute atomic E-state index is 9.06. The average molecular weight is 535 g/mol. The molecule has 39 heavy (non-hydrogen) atoms. The lowest BCUT2D eigenvalue weighted by atomic mass is 9.86. The number of fused-ring (bicyclic) bond motifs is 1. The molecule has 2 aromatic carbocycles. The minimum Gasteiger partial charge on any atom is -0.366 e. The molecule has 0 fully saturated rings. The van der Waals surface area contributed by atoms with Crippen LogP contribution in [0.2, 0.25) is 0 Å². The number of hydrogen-bond acceptors (Lipinski definition) is 3. The molecule has 1 amide bonds. The molecule has 0 saturated heterocycles. The highest BCUT2D eigenvalue weighted by molar-refractivity contribution is 5.44. The van der Waals surface area contributed by atoms with Gasteiger partial charge in [0.15, 0.2) is 0 Å². The summed E-state index contributed by atoms with van der Waals surface area (Å²) in [5.74, 6) is 0.524. The van der Waals surface area contributed by atoms with Crippen LogP contribution in [-0.4, -0.2) is 39.0 Å². The van der Waals surface area contributed by atoms with Gasteiger partial charge in [-0.1, -0.05) is 118 Å². The van der Waals surface area contributed by atoms with Gasteiger partial charge in [-0.05, 0) is 63.9 Å². The van der Waals surface area contributed by atoms with Crippen molar-refractivity contribution in [2.24, 2.45) is 0 Å². The number of allylic oxidation sites excluding steroid dienone is 6. The number of amides is 1. The van der Waals surface area contributed by atoms with Crippen LogP contribution in [0, 0.1) is 6.92 Å². The number of nitrogens with zero attached hydrogens (tertiary/aromatic N) is 1. The monoisotopic (exact) mass is 534 g/mol. The van der Waals surface area contributed by atoms with Crippen molar-refractivity contribution in [3.05, 3.63) is 107 Å². The zero-order valence-electron chi connectivity index (χ0n) is 26.0. The van der Waals surface area contributed by atoms with Crippen LogP contribution in [0.5, 0.6) is 0 Å². The van der Waals surface area contributed by atoms with Gasteiger partial charge in [-0.15, -0.1) is 0 Å². The van der Waals surface area contributed by atoms with Gasteiger partial charge in [0.05, 0.1) is 12.2 Å². The number of rotatable bonds is 10. The van der Waals surface area contributed by atoms with E-state index in [9.17, 15) is 0 Å². The molecule has 2 atom stereocenters. The molecular formula is C35H54N2O2. The zero-order chi connectivity index (χ0) is 29.5. The first-order valence-corrected chi connectivity index (χ1v) is 14.4. The van der Waals surface area contributed by atoms with Crippen LogP contribution < -0.4 is 5.32 Å². The van der Waals surface area contributed by atoms with Gasteiger partial charge in [-0.2, -0.15) is 0 Å². The van der Waals surface area contributed by atoms with E-state index in [1.165, 1.54) is 22.3 Å². The number of carbonyl (C=O) groups is 1. The third kappa shape index (κ3) is 13.6. The molecule has 1 aliphatic rings. The summed E-state index contributed by atoms with van der Waals surface area (Å²) < 4.78 is 6.14. The molecule has 0 radical (unpaired) electrons. The molecule has 216 valence electrons. The normalized spacial score (nSPS) is 16.6. The molecule has 0 saturated carbocycles. The maximum Gasteiger partial charge on any atom is 0.206 e. The smallest absolute Gasteiger partial charge is 0.206 e. The van der Waals surface area contributed by atoms with Crippen LogP contribution >= 0.6 is 0 Å². The van der Waals surface area contributed by atoms with E-state index in [0.717, 1.165) is 32.4 Å². The molecule has 1 aliphatic heterocycles. The van der Waals surface area contributed by atoms with Crippen molar-refractivity contribution in [3.63, 3.8) is 0 Å². The van der Waals surface area contributed by atoms with E-state index in [4.69, 9.17) is 9.53 Å². The second-order valence-electron chi connectivity index (χ2n) is 9.48. The molecule has 0 aliphatic carbocycles. The Labute approximate surface area is 239 Å². The van der Waals surface area contributed by atoms with Crippen LogP contribution in [0.1, 0.15) is 82.1 Å². The van der Waals surface area contributed by atoms with Gasteiger partial charge in [0, 0.05) is 19.5 Å². The minimum absolute atomic E-state index is 0.0500. The van der Waals surface area contributed by atoms with E-state index in [-0.39, 0.29) is 5.60 Å². The highest BCUT2D eigenvalue weighted by Crippen LogP contribution is 2.42. The highest BCUT2D eigenvalue weighted by atomic mass is 16.5. The van der Waals surface area contributed by atoms with Crippen molar-refractivity contribution < 1.29 is 9.53 Å². The third-order valence-electron chi connectivity index (χ3n) is 6.45. The summed E-state index contributed by atoms with van der Waals surface area (Å²) in [5.41, 5.74) is 5.46. The summed E-state index contributed by atoms with van der Waals surface area (Å²) in [6.07, 6.45) is 16.5. The average Bonchev–Trinajstić information content (AvgIpc) is 3.34. The fraction of sp³-hybridized carbons (Fsp3) is 0.457. The summed E-state index contributed by atoms with van der Waals surface area (Å²) in [6, 6.07) is 17.3. The Morgan fingerprint density at radius 1 is 1.03 bits per heavy atom. The molecule has 2 aromatic rings. The van der Waals surface area contributed by atoms with Gasteiger partial charge in [-0.3, -0.25) is 4.79 Å². The first-order valence-electron chi connectivity index (χ1n) is 14.4. The Bertz CT molecular complexity index is 979. The fourth-order valence-electron chi connectivity index (χ4n) is 4.24. The molecule has 1 heterocycles. The summed E-state index contributed by atoms with van der Waals surface area (Å²) in [6.45, 7) is 14.5. The van der Waals surface area contributed by atoms with Crippen LogP contribution in [0.25, 0.3) is 0 Å². The van der Waals surface area contributed by atoms with Crippen molar-refractivity contribution in [1.29, 1.82) is 0 Å². The van der Waals surface area contributed by atoms with Crippen LogP contribution in [0.4, 0.5) is 0 Å². The number of hydrogen-bond donors (Lipinski definition) is 1. The van der Waals surface area contributed by atoms with Crippen molar-refractivity contribution in [2.45, 2.75) is 78.9 Å². The van der Waals surface area contributed by atoms with Gasteiger partial charge >= 0.3 is 0 Å². The largest absolute Gasteiger partial charge is 0.366 e. The second-order valence-corrected chi connectivity index (χ2v) is 9.48. The molecule has 4 heteroatoms. The number of aryl methyl sites for hydroxylation is 1. The van der Waals surface area contributed by atoms with E-state index in [1.807, 2.05) is 39.0 Å². The van der Waals surface area contributed by atoms with E-state index in [1.54, 1.807) is 7.05 Å². The molecule has 0 spiro atoms. The highest BCUT2D eigenvalue weighted by Gasteiger charge is 2.38. The Hall–Kier alpha value is -2.95. The van der Waals surface area contributed by atoms with Crippen molar-refractivity contribution in [2.75, 3.05) is 27.7 Å². The third-order valence-corrected chi connectivity index (χ3v) is 6.45. The molecule has 3 rings (SSSR count). The van der Waals surface area contributed by atoms with Crippen LogP contribution in [0.15, 0.2) is 85.0 Å². The van der Waals surface area contributed by atoms with Gasteiger partial charge < -0.3 is 15.0 Å². The molecule has 0 aromatic heterocycles. The van der Waals surface area contributed by atoms with Gasteiger partial charge in [-0.25, -0.2) is 0 Å².